The number of likely N-dealkylation sites (tertiary alicyclic amines) is 1. The summed E-state index contributed by atoms with van der Waals surface area (Å²) >= 11 is 0. The van der Waals surface area contributed by atoms with E-state index in [1.54, 1.807) is 4.57 Å². The molecule has 194 valence electrons. The van der Waals surface area contributed by atoms with Crippen LogP contribution in [0.5, 0.6) is 0 Å². The molecule has 3 heterocycles. The Morgan fingerprint density at radius 2 is 1.78 bits per heavy atom. The van der Waals surface area contributed by atoms with Crippen LogP contribution in [0, 0.1) is 11.8 Å². The zero-order chi connectivity index (χ0) is 25.8. The Labute approximate surface area is 212 Å². The van der Waals surface area contributed by atoms with Crippen LogP contribution in [0.3, 0.4) is 0 Å². The van der Waals surface area contributed by atoms with Crippen LogP contribution < -0.4 is 11.2 Å². The summed E-state index contributed by atoms with van der Waals surface area (Å²) in [5.74, 6) is 1.65. The highest BCUT2D eigenvalue weighted by Gasteiger charge is 2.27. The van der Waals surface area contributed by atoms with Crippen LogP contribution >= 0.6 is 0 Å². The monoisotopic (exact) mass is 493 g/mol. The minimum atomic E-state index is -0.398. The first-order valence-electron chi connectivity index (χ1n) is 13.4. The number of H-pyrrole nitrogens is 1. The van der Waals surface area contributed by atoms with Crippen molar-refractivity contribution in [1.29, 1.82) is 0 Å². The number of imidazole rings is 1. The number of hydrogen-bond donors (Lipinski definition) is 1. The van der Waals surface area contributed by atoms with Gasteiger partial charge in [0.1, 0.15) is 5.82 Å². The molecule has 3 aromatic rings. The lowest BCUT2D eigenvalue weighted by atomic mass is 9.88. The van der Waals surface area contributed by atoms with Gasteiger partial charge in [0.15, 0.2) is 16.9 Å². The number of nitrogens with one attached hydrogen (secondary N) is 1. The fourth-order valence-electron chi connectivity index (χ4n) is 5.27. The summed E-state index contributed by atoms with van der Waals surface area (Å²) < 4.78 is 3.51. The van der Waals surface area contributed by atoms with Crippen molar-refractivity contribution in [1.82, 2.24) is 24.0 Å². The molecule has 1 saturated heterocycles. The van der Waals surface area contributed by atoms with Crippen molar-refractivity contribution in [2.24, 2.45) is 11.8 Å². The molecule has 0 saturated carbocycles. The third kappa shape index (κ3) is 5.53. The molecule has 1 aliphatic heterocycles. The van der Waals surface area contributed by atoms with Crippen LogP contribution in [0.2, 0.25) is 0 Å². The summed E-state index contributed by atoms with van der Waals surface area (Å²) in [5.41, 5.74) is 2.23. The van der Waals surface area contributed by atoms with Crippen LogP contribution in [0.1, 0.15) is 75.1 Å². The molecular weight excluding hydrogens is 454 g/mol. The molecule has 0 atom stereocenters. The van der Waals surface area contributed by atoms with Crippen LogP contribution in [0.15, 0.2) is 33.9 Å². The number of unbranched alkanes of at least 4 members (excludes halogenated alkanes) is 1. The quantitative estimate of drug-likeness (QED) is 0.431. The second kappa shape index (κ2) is 11.4. The summed E-state index contributed by atoms with van der Waals surface area (Å²) in [6.07, 6.45) is 4.43. The molecule has 8 heteroatoms. The highest BCUT2D eigenvalue weighted by Crippen LogP contribution is 2.24. The zero-order valence-electron chi connectivity index (χ0n) is 22.0. The number of piperidine rings is 1. The second-order valence-electron chi connectivity index (χ2n) is 10.4. The van der Waals surface area contributed by atoms with E-state index in [1.165, 1.54) is 5.56 Å². The standard InChI is InChI=1S/C28H39N5O3/c1-5-7-14-33-26-24(27(35)30-28(33)36)32(6-2)23(29-26)18-31-15-12-22(13-16-31)25(34)21-10-8-20(9-11-21)17-19(3)4/h8-11,19,22H,5-7,12-18H2,1-4H3,(H,30,35,36). The van der Waals surface area contributed by atoms with E-state index in [1.807, 2.05) is 23.6 Å². The van der Waals surface area contributed by atoms with Crippen molar-refractivity contribution in [3.63, 3.8) is 0 Å². The Morgan fingerprint density at radius 1 is 1.08 bits per heavy atom. The van der Waals surface area contributed by atoms with Gasteiger partial charge in [-0.15, -0.1) is 0 Å². The van der Waals surface area contributed by atoms with Gasteiger partial charge in [-0.3, -0.25) is 24.0 Å². The highest BCUT2D eigenvalue weighted by atomic mass is 16.2. The van der Waals surface area contributed by atoms with E-state index < -0.39 is 5.69 Å². The number of carbonyl (C=O) groups excluding carboxylic acids is 1. The molecule has 36 heavy (non-hydrogen) atoms. The number of hydrogen-bond acceptors (Lipinski definition) is 5. The maximum Gasteiger partial charge on any atom is 0.330 e. The SMILES string of the molecule is CCCCn1c(=O)[nH]c(=O)c2c1nc(CN1CCC(C(=O)c3ccc(CC(C)C)cc3)CC1)n2CC. The average molecular weight is 494 g/mol. The first-order chi connectivity index (χ1) is 17.3. The molecule has 1 aliphatic rings. The van der Waals surface area contributed by atoms with E-state index in [0.717, 1.165) is 56.6 Å². The van der Waals surface area contributed by atoms with Gasteiger partial charge in [0.05, 0.1) is 6.54 Å². The molecule has 2 aromatic heterocycles. The minimum absolute atomic E-state index is 0.0317. The van der Waals surface area contributed by atoms with E-state index in [9.17, 15) is 14.4 Å². The number of ketones is 1. The predicted octanol–water partition coefficient (Wildman–Crippen LogP) is 4.00. The van der Waals surface area contributed by atoms with Gasteiger partial charge in [0.2, 0.25) is 0 Å². The van der Waals surface area contributed by atoms with Crippen LogP contribution in [-0.2, 0) is 26.1 Å². The molecule has 1 N–H and O–H groups in total. The van der Waals surface area contributed by atoms with E-state index in [2.05, 4.69) is 42.8 Å². The fourth-order valence-corrected chi connectivity index (χ4v) is 5.27. The van der Waals surface area contributed by atoms with Crippen LogP contribution in [0.4, 0.5) is 0 Å². The van der Waals surface area contributed by atoms with E-state index >= 15 is 0 Å². The van der Waals surface area contributed by atoms with Crippen LogP contribution in [-0.4, -0.2) is 42.9 Å². The number of nitrogens with zero attached hydrogens (tertiary/aromatic N) is 4. The lowest BCUT2D eigenvalue weighted by Crippen LogP contribution is -2.36. The first kappa shape index (κ1) is 26.1. The molecule has 0 aliphatic carbocycles. The molecule has 0 unspecified atom stereocenters. The molecule has 1 fully saturated rings. The van der Waals surface area contributed by atoms with Crippen molar-refractivity contribution >= 4 is 16.9 Å². The van der Waals surface area contributed by atoms with Gasteiger partial charge in [0, 0.05) is 24.6 Å². The van der Waals surface area contributed by atoms with Gasteiger partial charge in [-0.1, -0.05) is 51.5 Å². The van der Waals surface area contributed by atoms with Gasteiger partial charge in [0.25, 0.3) is 5.56 Å². The smallest absolute Gasteiger partial charge is 0.321 e. The Kier molecular flexibility index (Phi) is 8.24. The molecular formula is C28H39N5O3. The number of aryl methyl sites for hydroxylation is 2. The Hall–Kier alpha value is -3.00. The van der Waals surface area contributed by atoms with E-state index in [0.29, 0.717) is 36.7 Å². The van der Waals surface area contributed by atoms with Crippen molar-refractivity contribution in [2.75, 3.05) is 13.1 Å². The molecule has 8 nitrogen and oxygen atoms in total. The normalized spacial score (nSPS) is 15.2. The van der Waals surface area contributed by atoms with E-state index in [-0.39, 0.29) is 17.3 Å². The Balaban J connectivity index is 1.46. The number of Topliss-reactive ketones (excluding diaryl/α,β-unsaturated/α-hetero) is 1. The third-order valence-corrected chi connectivity index (χ3v) is 7.22. The summed E-state index contributed by atoms with van der Waals surface area (Å²) in [4.78, 5) is 47.8. The summed E-state index contributed by atoms with van der Waals surface area (Å²) in [6, 6.07) is 8.12. The molecule has 0 radical (unpaired) electrons. The fraction of sp³-hybridized carbons (Fsp3) is 0.571. The Morgan fingerprint density at radius 3 is 2.39 bits per heavy atom. The number of aromatic amines is 1. The number of carbonyl (C=O) groups is 1. The molecule has 1 aromatic carbocycles. The lowest BCUT2D eigenvalue weighted by Gasteiger charge is -2.31. The van der Waals surface area contributed by atoms with Crippen LogP contribution in [0.25, 0.3) is 11.2 Å². The maximum absolute atomic E-state index is 13.1. The molecule has 0 bridgehead atoms. The maximum atomic E-state index is 13.1. The topological polar surface area (TPSA) is 93.0 Å². The molecule has 4 rings (SSSR count). The average Bonchev–Trinajstić information content (AvgIpc) is 3.22. The predicted molar refractivity (Wildman–Crippen MR) is 143 cm³/mol. The number of rotatable bonds is 10. The summed E-state index contributed by atoms with van der Waals surface area (Å²) in [5, 5.41) is 0. The second-order valence-corrected chi connectivity index (χ2v) is 10.4. The third-order valence-electron chi connectivity index (χ3n) is 7.22. The lowest BCUT2D eigenvalue weighted by molar-refractivity contribution is 0.0832. The number of benzene rings is 1. The van der Waals surface area contributed by atoms with E-state index in [4.69, 9.17) is 4.98 Å². The van der Waals surface area contributed by atoms with Gasteiger partial charge in [-0.2, -0.15) is 0 Å². The summed E-state index contributed by atoms with van der Waals surface area (Å²) in [7, 11) is 0. The highest BCUT2D eigenvalue weighted by molar-refractivity contribution is 5.97. The van der Waals surface area contributed by atoms with Crippen molar-refractivity contribution in [2.45, 2.75) is 79.4 Å². The van der Waals surface area contributed by atoms with Crippen molar-refractivity contribution in [3.8, 4) is 0 Å². The summed E-state index contributed by atoms with van der Waals surface area (Å²) in [6.45, 7) is 11.8. The number of aromatic nitrogens is 4. The van der Waals surface area contributed by atoms with Gasteiger partial charge < -0.3 is 4.57 Å². The van der Waals surface area contributed by atoms with Crippen molar-refractivity contribution < 1.29 is 4.79 Å². The minimum Gasteiger partial charge on any atom is -0.321 e. The zero-order valence-corrected chi connectivity index (χ0v) is 22.0. The Bertz CT molecular complexity index is 1310. The molecule has 0 amide bonds. The van der Waals surface area contributed by atoms with Crippen molar-refractivity contribution in [3.05, 3.63) is 62.1 Å². The first-order valence-corrected chi connectivity index (χ1v) is 13.4. The largest absolute Gasteiger partial charge is 0.330 e. The van der Waals surface area contributed by atoms with Gasteiger partial charge >= 0.3 is 5.69 Å². The van der Waals surface area contributed by atoms with Gasteiger partial charge in [-0.05, 0) is 57.2 Å². The molecule has 0 spiro atoms. The number of fused-ring (bicyclic) bond motifs is 1. The van der Waals surface area contributed by atoms with Gasteiger partial charge in [-0.25, -0.2) is 9.78 Å².